The highest BCUT2D eigenvalue weighted by atomic mass is 32.1. The van der Waals surface area contributed by atoms with E-state index in [2.05, 4.69) is 5.32 Å². The average Bonchev–Trinajstić information content (AvgIpc) is 3.21. The number of carbonyl (C=O) groups excluding carboxylic acids is 2. The molecule has 0 aliphatic carbocycles. The molecule has 0 bridgehead atoms. The highest BCUT2D eigenvalue weighted by molar-refractivity contribution is 7.80. The van der Waals surface area contributed by atoms with Gasteiger partial charge in [0.2, 0.25) is 0 Å². The number of quaternary nitrogens is 1. The highest BCUT2D eigenvalue weighted by Crippen LogP contribution is 2.26. The predicted molar refractivity (Wildman–Crippen MR) is 114 cm³/mol. The topological polar surface area (TPSA) is 79.2 Å². The van der Waals surface area contributed by atoms with Gasteiger partial charge >= 0.3 is 0 Å². The number of halogens is 1. The SMILES string of the molecule is C[NH2+]c1cccc(-c2ccc(/C=C3/C(=O)NC(=S)N(c4ccc(F)cc4)C3=O)o2)c1. The minimum absolute atomic E-state index is 0.0680. The first kappa shape index (κ1) is 19.7. The van der Waals surface area contributed by atoms with Crippen LogP contribution in [0.15, 0.2) is 70.7 Å². The average molecular weight is 422 g/mol. The zero-order valence-corrected chi connectivity index (χ0v) is 16.7. The summed E-state index contributed by atoms with van der Waals surface area (Å²) in [6.45, 7) is 0. The van der Waals surface area contributed by atoms with Crippen LogP contribution in [-0.2, 0) is 9.59 Å². The van der Waals surface area contributed by atoms with Crippen molar-refractivity contribution in [3.05, 3.63) is 77.8 Å². The minimum Gasteiger partial charge on any atom is -0.457 e. The second-order valence-corrected chi connectivity index (χ2v) is 6.94. The van der Waals surface area contributed by atoms with Crippen molar-refractivity contribution in [2.75, 3.05) is 11.9 Å². The Bertz CT molecular complexity index is 1180. The van der Waals surface area contributed by atoms with E-state index >= 15 is 0 Å². The van der Waals surface area contributed by atoms with Crippen LogP contribution >= 0.6 is 12.2 Å². The van der Waals surface area contributed by atoms with Crippen LogP contribution in [0.4, 0.5) is 15.8 Å². The number of thiocarbonyl (C=S) groups is 1. The molecule has 1 saturated heterocycles. The summed E-state index contributed by atoms with van der Waals surface area (Å²) in [6, 6.07) is 16.5. The molecule has 2 amide bonds. The van der Waals surface area contributed by atoms with Crippen molar-refractivity contribution >= 4 is 46.6 Å². The van der Waals surface area contributed by atoms with Crippen molar-refractivity contribution in [2.24, 2.45) is 0 Å². The highest BCUT2D eigenvalue weighted by Gasteiger charge is 2.34. The maximum Gasteiger partial charge on any atom is 0.270 e. The molecule has 30 heavy (non-hydrogen) atoms. The van der Waals surface area contributed by atoms with Crippen LogP contribution < -0.4 is 15.5 Å². The lowest BCUT2D eigenvalue weighted by atomic mass is 10.1. The molecule has 0 radical (unpaired) electrons. The van der Waals surface area contributed by atoms with E-state index in [1.165, 1.54) is 30.3 Å². The number of nitrogens with zero attached hydrogens (tertiary/aromatic N) is 1. The molecule has 150 valence electrons. The summed E-state index contributed by atoms with van der Waals surface area (Å²) in [7, 11) is 1.95. The smallest absolute Gasteiger partial charge is 0.270 e. The van der Waals surface area contributed by atoms with Gasteiger partial charge in [0.25, 0.3) is 11.8 Å². The molecule has 2 aromatic carbocycles. The van der Waals surface area contributed by atoms with E-state index in [9.17, 15) is 14.0 Å². The normalized spacial score (nSPS) is 15.6. The Morgan fingerprint density at radius 3 is 2.60 bits per heavy atom. The van der Waals surface area contributed by atoms with Gasteiger partial charge in [0.15, 0.2) is 5.11 Å². The van der Waals surface area contributed by atoms with Crippen molar-refractivity contribution in [3.63, 3.8) is 0 Å². The largest absolute Gasteiger partial charge is 0.457 e. The van der Waals surface area contributed by atoms with Crippen molar-refractivity contribution < 1.29 is 23.7 Å². The Morgan fingerprint density at radius 2 is 1.87 bits per heavy atom. The molecule has 0 spiro atoms. The Balaban J connectivity index is 1.66. The van der Waals surface area contributed by atoms with E-state index < -0.39 is 17.6 Å². The Kier molecular flexibility index (Phi) is 5.26. The van der Waals surface area contributed by atoms with E-state index in [4.69, 9.17) is 16.6 Å². The van der Waals surface area contributed by atoms with Crippen molar-refractivity contribution in [3.8, 4) is 11.3 Å². The van der Waals surface area contributed by atoms with Crippen LogP contribution in [0.25, 0.3) is 17.4 Å². The third kappa shape index (κ3) is 3.78. The molecule has 0 saturated carbocycles. The molecule has 3 N–H and O–H groups in total. The number of furan rings is 1. The molecule has 6 nitrogen and oxygen atoms in total. The Morgan fingerprint density at radius 1 is 1.10 bits per heavy atom. The second-order valence-electron chi connectivity index (χ2n) is 6.55. The van der Waals surface area contributed by atoms with Crippen LogP contribution in [0, 0.1) is 5.82 Å². The van der Waals surface area contributed by atoms with Gasteiger partial charge in [-0.15, -0.1) is 0 Å². The van der Waals surface area contributed by atoms with E-state index in [0.717, 1.165) is 16.2 Å². The van der Waals surface area contributed by atoms with Crippen LogP contribution in [0.1, 0.15) is 5.76 Å². The first-order valence-corrected chi connectivity index (χ1v) is 9.54. The van der Waals surface area contributed by atoms with Crippen LogP contribution in [-0.4, -0.2) is 24.0 Å². The van der Waals surface area contributed by atoms with Gasteiger partial charge in [0.05, 0.1) is 12.7 Å². The maximum absolute atomic E-state index is 13.2. The molecule has 1 fully saturated rings. The van der Waals surface area contributed by atoms with Gasteiger partial charge < -0.3 is 9.73 Å². The second kappa shape index (κ2) is 8.02. The summed E-state index contributed by atoms with van der Waals surface area (Å²) in [5, 5.41) is 4.40. The summed E-state index contributed by atoms with van der Waals surface area (Å²) in [5.74, 6) is -0.719. The fourth-order valence-electron chi connectivity index (χ4n) is 3.08. The van der Waals surface area contributed by atoms with Gasteiger partial charge in [-0.2, -0.15) is 0 Å². The van der Waals surface area contributed by atoms with E-state index in [1.54, 1.807) is 12.1 Å². The minimum atomic E-state index is -0.621. The number of anilines is 1. The van der Waals surface area contributed by atoms with Crippen LogP contribution in [0.5, 0.6) is 0 Å². The molecule has 0 atom stereocenters. The molecule has 8 heteroatoms. The lowest BCUT2D eigenvalue weighted by molar-refractivity contribution is -0.539. The quantitative estimate of drug-likeness (QED) is 0.293. The van der Waals surface area contributed by atoms with E-state index in [-0.39, 0.29) is 10.7 Å². The third-order valence-electron chi connectivity index (χ3n) is 4.60. The summed E-state index contributed by atoms with van der Waals surface area (Å²) >= 11 is 5.13. The molecular weight excluding hydrogens is 405 g/mol. The van der Waals surface area contributed by atoms with Crippen molar-refractivity contribution in [1.82, 2.24) is 5.32 Å². The maximum atomic E-state index is 13.2. The first-order valence-electron chi connectivity index (χ1n) is 9.13. The molecule has 2 heterocycles. The van der Waals surface area contributed by atoms with Gasteiger partial charge in [-0.3, -0.25) is 19.8 Å². The number of carbonyl (C=O) groups is 2. The number of benzene rings is 2. The summed E-state index contributed by atoms with van der Waals surface area (Å²) in [6.07, 6.45) is 1.37. The Labute approximate surface area is 177 Å². The van der Waals surface area contributed by atoms with Gasteiger partial charge in [-0.05, 0) is 60.8 Å². The standard InChI is InChI=1S/C22H16FN3O3S/c1-24-15-4-2-3-13(11-15)19-10-9-17(29-19)12-18-20(27)25-22(30)26(21(18)28)16-7-5-14(23)6-8-16/h2-12,24H,1H3,(H,25,27,30)/p+1/b18-12-. The van der Waals surface area contributed by atoms with E-state index in [0.29, 0.717) is 17.2 Å². The fraction of sp³-hybridized carbons (Fsp3) is 0.0455. The first-order chi connectivity index (χ1) is 14.5. The lowest BCUT2D eigenvalue weighted by Crippen LogP contribution is -2.72. The molecule has 1 aliphatic rings. The fourth-order valence-corrected chi connectivity index (χ4v) is 3.36. The zero-order valence-electron chi connectivity index (χ0n) is 15.9. The number of hydrogen-bond donors (Lipinski definition) is 2. The number of hydrogen-bond acceptors (Lipinski definition) is 4. The van der Waals surface area contributed by atoms with Gasteiger partial charge in [-0.25, -0.2) is 4.39 Å². The molecule has 1 aliphatic heterocycles. The zero-order chi connectivity index (χ0) is 21.3. The van der Waals surface area contributed by atoms with Crippen LogP contribution in [0.3, 0.4) is 0 Å². The third-order valence-corrected chi connectivity index (χ3v) is 4.89. The molecule has 1 aromatic heterocycles. The van der Waals surface area contributed by atoms with Crippen molar-refractivity contribution in [2.45, 2.75) is 0 Å². The lowest BCUT2D eigenvalue weighted by Gasteiger charge is -2.28. The predicted octanol–water partition coefficient (Wildman–Crippen LogP) is 2.74. The number of rotatable bonds is 4. The monoisotopic (exact) mass is 422 g/mol. The summed E-state index contributed by atoms with van der Waals surface area (Å²) in [4.78, 5) is 26.5. The summed E-state index contributed by atoms with van der Waals surface area (Å²) < 4.78 is 19.1. The van der Waals surface area contributed by atoms with Crippen LogP contribution in [0.2, 0.25) is 0 Å². The Hall–Kier alpha value is -3.62. The summed E-state index contributed by atoms with van der Waals surface area (Å²) in [5.41, 5.74) is 2.15. The van der Waals surface area contributed by atoms with Gasteiger partial charge in [0, 0.05) is 11.6 Å². The number of amides is 2. The molecule has 4 rings (SSSR count). The molecule has 0 unspecified atom stereocenters. The number of nitrogens with two attached hydrogens (primary N) is 1. The molecule has 3 aromatic rings. The van der Waals surface area contributed by atoms with E-state index in [1.807, 2.05) is 36.6 Å². The van der Waals surface area contributed by atoms with Gasteiger partial charge in [-0.1, -0.05) is 12.1 Å². The van der Waals surface area contributed by atoms with Gasteiger partial charge in [0.1, 0.15) is 28.6 Å². The van der Waals surface area contributed by atoms with Crippen molar-refractivity contribution in [1.29, 1.82) is 0 Å². The molecular formula is C22H17FN3O3S+. The number of nitrogens with one attached hydrogen (secondary N) is 1.